The van der Waals surface area contributed by atoms with E-state index in [4.69, 9.17) is 14.8 Å². The Balaban J connectivity index is 1.81. The van der Waals surface area contributed by atoms with Gasteiger partial charge < -0.3 is 10.1 Å². The molecule has 130 valence electrons. The van der Waals surface area contributed by atoms with E-state index in [-0.39, 0.29) is 5.82 Å². The van der Waals surface area contributed by atoms with Gasteiger partial charge in [-0.25, -0.2) is 9.37 Å². The molecule has 25 heavy (non-hydrogen) atoms. The first-order valence-corrected chi connectivity index (χ1v) is 8.66. The molecule has 0 spiro atoms. The molecule has 5 nitrogen and oxygen atoms in total. The van der Waals surface area contributed by atoms with E-state index in [2.05, 4.69) is 5.32 Å². The SMILES string of the molecule is COCCNc1c2c(nc3cc(-c4ccc(F)cc4)nn13)CCCC2. The molecule has 6 heteroatoms. The molecule has 3 aromatic rings. The van der Waals surface area contributed by atoms with Crippen LogP contribution in [0.4, 0.5) is 10.2 Å². The summed E-state index contributed by atoms with van der Waals surface area (Å²) in [5.74, 6) is 0.758. The predicted octanol–water partition coefficient (Wildman–Crippen LogP) is 3.47. The van der Waals surface area contributed by atoms with Crippen molar-refractivity contribution in [1.82, 2.24) is 14.6 Å². The van der Waals surface area contributed by atoms with Crippen LogP contribution in [0.1, 0.15) is 24.1 Å². The van der Waals surface area contributed by atoms with Gasteiger partial charge in [0.05, 0.1) is 12.3 Å². The molecule has 1 aliphatic rings. The van der Waals surface area contributed by atoms with Gasteiger partial charge in [0.2, 0.25) is 0 Å². The fraction of sp³-hybridized carbons (Fsp3) is 0.368. The minimum absolute atomic E-state index is 0.247. The average molecular weight is 340 g/mol. The molecule has 0 unspecified atom stereocenters. The zero-order valence-corrected chi connectivity index (χ0v) is 14.3. The Bertz CT molecular complexity index is 889. The molecule has 0 saturated heterocycles. The van der Waals surface area contributed by atoms with Crippen molar-refractivity contribution in [2.75, 3.05) is 25.6 Å². The Labute approximate surface area is 145 Å². The van der Waals surface area contributed by atoms with Crippen molar-refractivity contribution in [3.8, 4) is 11.3 Å². The molecule has 0 radical (unpaired) electrons. The van der Waals surface area contributed by atoms with Crippen LogP contribution in [0.5, 0.6) is 0 Å². The molecule has 1 aromatic carbocycles. The second-order valence-corrected chi connectivity index (χ2v) is 6.32. The largest absolute Gasteiger partial charge is 0.383 e. The number of aryl methyl sites for hydroxylation is 1. The number of ether oxygens (including phenoxy) is 1. The highest BCUT2D eigenvalue weighted by Crippen LogP contribution is 2.29. The van der Waals surface area contributed by atoms with Gasteiger partial charge in [0, 0.05) is 36.5 Å². The summed E-state index contributed by atoms with van der Waals surface area (Å²) in [5.41, 5.74) is 4.91. The monoisotopic (exact) mass is 340 g/mol. The van der Waals surface area contributed by atoms with Crippen LogP contribution in [-0.2, 0) is 17.6 Å². The van der Waals surface area contributed by atoms with Gasteiger partial charge in [-0.1, -0.05) is 0 Å². The van der Waals surface area contributed by atoms with Gasteiger partial charge in [-0.05, 0) is 49.9 Å². The topological polar surface area (TPSA) is 51.5 Å². The Hall–Kier alpha value is -2.47. The van der Waals surface area contributed by atoms with Gasteiger partial charge in [-0.3, -0.25) is 0 Å². The molecule has 0 amide bonds. The Kier molecular flexibility index (Phi) is 4.36. The van der Waals surface area contributed by atoms with Crippen LogP contribution in [0.3, 0.4) is 0 Å². The van der Waals surface area contributed by atoms with Crippen molar-refractivity contribution in [3.63, 3.8) is 0 Å². The first kappa shape index (κ1) is 16.0. The molecule has 0 bridgehead atoms. The van der Waals surface area contributed by atoms with Crippen LogP contribution in [0.2, 0.25) is 0 Å². The molecule has 1 N–H and O–H groups in total. The van der Waals surface area contributed by atoms with Gasteiger partial charge in [-0.15, -0.1) is 0 Å². The minimum atomic E-state index is -0.247. The standard InChI is InChI=1S/C19H21FN4O/c1-25-11-10-21-19-15-4-2-3-5-16(15)22-18-12-17(23-24(18)19)13-6-8-14(20)9-7-13/h6-9,12,21H,2-5,10-11H2,1H3. The number of hydrogen-bond acceptors (Lipinski definition) is 4. The highest BCUT2D eigenvalue weighted by Gasteiger charge is 2.20. The van der Waals surface area contributed by atoms with Gasteiger partial charge in [-0.2, -0.15) is 9.61 Å². The fourth-order valence-corrected chi connectivity index (χ4v) is 3.36. The van der Waals surface area contributed by atoms with Crippen molar-refractivity contribution in [3.05, 3.63) is 47.4 Å². The molecule has 0 fully saturated rings. The Morgan fingerprint density at radius 2 is 2.00 bits per heavy atom. The molecular weight excluding hydrogens is 319 g/mol. The molecular formula is C19H21FN4O. The second kappa shape index (κ2) is 6.80. The van der Waals surface area contributed by atoms with E-state index in [9.17, 15) is 4.39 Å². The summed E-state index contributed by atoms with van der Waals surface area (Å²) in [6.07, 6.45) is 4.36. The summed E-state index contributed by atoms with van der Waals surface area (Å²) in [7, 11) is 1.69. The lowest BCUT2D eigenvalue weighted by molar-refractivity contribution is 0.210. The lowest BCUT2D eigenvalue weighted by Crippen LogP contribution is -2.17. The van der Waals surface area contributed by atoms with Crippen molar-refractivity contribution in [1.29, 1.82) is 0 Å². The van der Waals surface area contributed by atoms with E-state index in [1.165, 1.54) is 30.5 Å². The van der Waals surface area contributed by atoms with E-state index < -0.39 is 0 Å². The quantitative estimate of drug-likeness (QED) is 0.723. The maximum Gasteiger partial charge on any atom is 0.158 e. The van der Waals surface area contributed by atoms with Gasteiger partial charge in [0.1, 0.15) is 11.6 Å². The summed E-state index contributed by atoms with van der Waals surface area (Å²) in [5, 5.41) is 8.19. The highest BCUT2D eigenvalue weighted by atomic mass is 19.1. The van der Waals surface area contributed by atoms with E-state index in [1.54, 1.807) is 19.2 Å². The van der Waals surface area contributed by atoms with Crippen LogP contribution >= 0.6 is 0 Å². The summed E-state index contributed by atoms with van der Waals surface area (Å²) in [6, 6.07) is 8.36. The zero-order chi connectivity index (χ0) is 17.2. The smallest absolute Gasteiger partial charge is 0.158 e. The number of methoxy groups -OCH3 is 1. The average Bonchev–Trinajstić information content (AvgIpc) is 3.05. The maximum atomic E-state index is 13.2. The van der Waals surface area contributed by atoms with E-state index in [1.807, 2.05) is 10.6 Å². The van der Waals surface area contributed by atoms with Crippen LogP contribution in [-0.4, -0.2) is 34.9 Å². The second-order valence-electron chi connectivity index (χ2n) is 6.32. The van der Waals surface area contributed by atoms with Crippen molar-refractivity contribution >= 4 is 11.5 Å². The maximum absolute atomic E-state index is 13.2. The number of benzene rings is 1. The Morgan fingerprint density at radius 3 is 2.80 bits per heavy atom. The molecule has 1 aliphatic carbocycles. The van der Waals surface area contributed by atoms with Crippen LogP contribution in [0.25, 0.3) is 16.9 Å². The normalized spacial score (nSPS) is 13.8. The molecule has 2 aromatic heterocycles. The number of nitrogens with zero attached hydrogens (tertiary/aromatic N) is 3. The summed E-state index contributed by atoms with van der Waals surface area (Å²) >= 11 is 0. The van der Waals surface area contributed by atoms with E-state index in [0.29, 0.717) is 13.2 Å². The van der Waals surface area contributed by atoms with E-state index in [0.717, 1.165) is 41.3 Å². The number of rotatable bonds is 5. The molecule has 4 rings (SSSR count). The van der Waals surface area contributed by atoms with E-state index >= 15 is 0 Å². The number of hydrogen-bond donors (Lipinski definition) is 1. The first-order chi connectivity index (χ1) is 12.3. The lowest BCUT2D eigenvalue weighted by atomic mass is 9.96. The molecule has 0 atom stereocenters. The highest BCUT2D eigenvalue weighted by molar-refractivity contribution is 5.67. The molecule has 0 saturated carbocycles. The number of fused-ring (bicyclic) bond motifs is 2. The van der Waals surface area contributed by atoms with Crippen molar-refractivity contribution in [2.24, 2.45) is 0 Å². The molecule has 2 heterocycles. The Morgan fingerprint density at radius 1 is 1.20 bits per heavy atom. The third-order valence-electron chi connectivity index (χ3n) is 4.62. The predicted molar refractivity (Wildman–Crippen MR) is 95.4 cm³/mol. The summed E-state index contributed by atoms with van der Waals surface area (Å²) in [6.45, 7) is 1.35. The van der Waals surface area contributed by atoms with Gasteiger partial charge >= 0.3 is 0 Å². The number of aromatic nitrogens is 3. The lowest BCUT2D eigenvalue weighted by Gasteiger charge is -2.20. The van der Waals surface area contributed by atoms with Gasteiger partial charge in [0.15, 0.2) is 5.65 Å². The van der Waals surface area contributed by atoms with Crippen LogP contribution in [0, 0.1) is 5.82 Å². The third kappa shape index (κ3) is 3.09. The zero-order valence-electron chi connectivity index (χ0n) is 14.3. The van der Waals surface area contributed by atoms with Crippen molar-refractivity contribution < 1.29 is 9.13 Å². The summed E-state index contributed by atoms with van der Waals surface area (Å²) < 4.78 is 20.2. The minimum Gasteiger partial charge on any atom is -0.383 e. The van der Waals surface area contributed by atoms with Crippen molar-refractivity contribution in [2.45, 2.75) is 25.7 Å². The van der Waals surface area contributed by atoms with Crippen LogP contribution < -0.4 is 5.32 Å². The fourth-order valence-electron chi connectivity index (χ4n) is 3.36. The number of anilines is 1. The third-order valence-corrected chi connectivity index (χ3v) is 4.62. The van der Waals surface area contributed by atoms with Gasteiger partial charge in [0.25, 0.3) is 0 Å². The number of nitrogens with one attached hydrogen (secondary N) is 1. The number of halogens is 1. The first-order valence-electron chi connectivity index (χ1n) is 8.66. The summed E-state index contributed by atoms with van der Waals surface area (Å²) in [4.78, 5) is 4.82. The van der Waals surface area contributed by atoms with Crippen LogP contribution in [0.15, 0.2) is 30.3 Å². The molecule has 0 aliphatic heterocycles.